The van der Waals surface area contributed by atoms with Crippen LogP contribution >= 0.6 is 11.6 Å². The maximum absolute atomic E-state index is 12.7. The number of sulfonamides is 1. The largest absolute Gasteiger partial charge is 0.289 e. The number of nitro groups is 1. The third-order valence-electron chi connectivity index (χ3n) is 4.01. The second-order valence-electron chi connectivity index (χ2n) is 5.60. The number of hydrogen-bond acceptors (Lipinski definition) is 4. The highest BCUT2D eigenvalue weighted by Gasteiger charge is 2.36. The van der Waals surface area contributed by atoms with Crippen LogP contribution in [-0.2, 0) is 10.0 Å². The van der Waals surface area contributed by atoms with Crippen molar-refractivity contribution in [3.05, 3.63) is 32.8 Å². The quantitative estimate of drug-likeness (QED) is 0.629. The second-order valence-corrected chi connectivity index (χ2v) is 7.92. The van der Waals surface area contributed by atoms with Crippen molar-refractivity contribution in [1.29, 1.82) is 0 Å². The second kappa shape index (κ2) is 5.55. The SMILES string of the molecule is Cc1cc(Cl)c([N+](=O)[O-])cc1S(=O)(=O)N1CC(C)C(C)C1. The Kier molecular flexibility index (Phi) is 4.28. The molecule has 21 heavy (non-hydrogen) atoms. The fourth-order valence-electron chi connectivity index (χ4n) is 2.47. The zero-order chi connectivity index (χ0) is 15.9. The van der Waals surface area contributed by atoms with Gasteiger partial charge in [0.1, 0.15) is 5.02 Å². The highest BCUT2D eigenvalue weighted by atomic mass is 35.5. The van der Waals surface area contributed by atoms with Crippen LogP contribution in [0.1, 0.15) is 19.4 Å². The standard InChI is InChI=1S/C13H17ClN2O4S/c1-8-4-11(14)12(16(17)18)5-13(8)21(19,20)15-6-9(2)10(3)7-15/h4-5,9-10H,6-7H2,1-3H3. The summed E-state index contributed by atoms with van der Waals surface area (Å²) in [4.78, 5) is 10.2. The third kappa shape index (κ3) is 2.90. The van der Waals surface area contributed by atoms with Crippen LogP contribution in [0.2, 0.25) is 5.02 Å². The Morgan fingerprint density at radius 3 is 2.29 bits per heavy atom. The number of nitro benzene ring substituents is 1. The number of halogens is 1. The Bertz CT molecular complexity index is 680. The molecule has 0 N–H and O–H groups in total. The van der Waals surface area contributed by atoms with Gasteiger partial charge in [0.2, 0.25) is 10.0 Å². The Hall–Kier alpha value is -1.18. The summed E-state index contributed by atoms with van der Waals surface area (Å²) >= 11 is 5.80. The molecule has 1 heterocycles. The smallest absolute Gasteiger partial charge is 0.258 e. The predicted molar refractivity (Wildman–Crippen MR) is 79.9 cm³/mol. The van der Waals surface area contributed by atoms with E-state index in [2.05, 4.69) is 0 Å². The van der Waals surface area contributed by atoms with E-state index in [-0.39, 0.29) is 27.4 Å². The monoisotopic (exact) mass is 332 g/mol. The topological polar surface area (TPSA) is 80.5 Å². The number of aryl methyl sites for hydroxylation is 1. The van der Waals surface area contributed by atoms with E-state index < -0.39 is 14.9 Å². The molecule has 0 aromatic heterocycles. The Labute approximate surface area is 128 Å². The molecule has 2 unspecified atom stereocenters. The van der Waals surface area contributed by atoms with Gasteiger partial charge in [0.25, 0.3) is 5.69 Å². The highest BCUT2D eigenvalue weighted by Crippen LogP contribution is 2.34. The molecule has 1 aromatic carbocycles. The van der Waals surface area contributed by atoms with Gasteiger partial charge < -0.3 is 0 Å². The lowest BCUT2D eigenvalue weighted by molar-refractivity contribution is -0.384. The molecule has 8 heteroatoms. The first-order valence-corrected chi connectivity index (χ1v) is 8.41. The Morgan fingerprint density at radius 1 is 1.29 bits per heavy atom. The molecular formula is C13H17ClN2O4S. The minimum atomic E-state index is -3.74. The first-order valence-electron chi connectivity index (χ1n) is 6.59. The molecule has 1 saturated heterocycles. The van der Waals surface area contributed by atoms with Crippen molar-refractivity contribution < 1.29 is 13.3 Å². The van der Waals surface area contributed by atoms with E-state index in [1.165, 1.54) is 10.4 Å². The molecule has 6 nitrogen and oxygen atoms in total. The van der Waals surface area contributed by atoms with Crippen molar-refractivity contribution in [3.63, 3.8) is 0 Å². The van der Waals surface area contributed by atoms with Crippen molar-refractivity contribution in [2.24, 2.45) is 11.8 Å². The lowest BCUT2D eigenvalue weighted by Crippen LogP contribution is -2.29. The predicted octanol–water partition coefficient (Wildman–Crippen LogP) is 2.83. The normalized spacial score (nSPS) is 23.4. The molecule has 2 rings (SSSR count). The molecule has 0 bridgehead atoms. The average Bonchev–Trinajstić information content (AvgIpc) is 2.69. The molecule has 0 radical (unpaired) electrons. The third-order valence-corrected chi connectivity index (χ3v) is 6.29. The molecule has 0 amide bonds. The Morgan fingerprint density at radius 2 is 1.81 bits per heavy atom. The van der Waals surface area contributed by atoms with Crippen LogP contribution in [0, 0.1) is 28.9 Å². The van der Waals surface area contributed by atoms with Gasteiger partial charge in [-0.2, -0.15) is 4.31 Å². The molecule has 0 aliphatic carbocycles. The van der Waals surface area contributed by atoms with Crippen molar-refractivity contribution in [2.45, 2.75) is 25.7 Å². The Balaban J connectivity index is 2.50. The lowest BCUT2D eigenvalue weighted by Gasteiger charge is -2.17. The van der Waals surface area contributed by atoms with Crippen molar-refractivity contribution in [1.82, 2.24) is 4.31 Å². The first kappa shape index (κ1) is 16.2. The van der Waals surface area contributed by atoms with Crippen molar-refractivity contribution in [2.75, 3.05) is 13.1 Å². The fraction of sp³-hybridized carbons (Fsp3) is 0.538. The molecule has 1 aliphatic heterocycles. The van der Waals surface area contributed by atoms with Gasteiger partial charge in [-0.05, 0) is 30.4 Å². The molecule has 1 fully saturated rings. The van der Waals surface area contributed by atoms with Gasteiger partial charge in [0, 0.05) is 19.2 Å². The molecule has 116 valence electrons. The zero-order valence-electron chi connectivity index (χ0n) is 12.0. The zero-order valence-corrected chi connectivity index (χ0v) is 13.6. The molecule has 2 atom stereocenters. The molecule has 0 spiro atoms. The number of benzene rings is 1. The van der Waals surface area contributed by atoms with Gasteiger partial charge in [-0.25, -0.2) is 8.42 Å². The first-order chi connectivity index (χ1) is 9.64. The van der Waals surface area contributed by atoms with Crippen LogP contribution in [0.3, 0.4) is 0 Å². The summed E-state index contributed by atoms with van der Waals surface area (Å²) in [5, 5.41) is 10.9. The summed E-state index contributed by atoms with van der Waals surface area (Å²) in [6.45, 7) is 6.44. The summed E-state index contributed by atoms with van der Waals surface area (Å²) in [7, 11) is -3.74. The summed E-state index contributed by atoms with van der Waals surface area (Å²) in [5.74, 6) is 0.532. The van der Waals surface area contributed by atoms with Crippen LogP contribution in [-0.4, -0.2) is 30.7 Å². The maximum atomic E-state index is 12.7. The number of rotatable bonds is 3. The van der Waals surface area contributed by atoms with Crippen LogP contribution in [0.4, 0.5) is 5.69 Å². The van der Waals surface area contributed by atoms with Gasteiger partial charge in [-0.15, -0.1) is 0 Å². The summed E-state index contributed by atoms with van der Waals surface area (Å²) in [6, 6.07) is 2.39. The minimum Gasteiger partial charge on any atom is -0.258 e. The molecule has 1 aliphatic rings. The average molecular weight is 333 g/mol. The van der Waals surface area contributed by atoms with Crippen molar-refractivity contribution >= 4 is 27.3 Å². The number of hydrogen-bond donors (Lipinski definition) is 0. The van der Waals surface area contributed by atoms with E-state index in [1.807, 2.05) is 13.8 Å². The van der Waals surface area contributed by atoms with Gasteiger partial charge in [-0.3, -0.25) is 10.1 Å². The van der Waals surface area contributed by atoms with Gasteiger partial charge in [0.05, 0.1) is 9.82 Å². The van der Waals surface area contributed by atoms with Crippen LogP contribution in [0.5, 0.6) is 0 Å². The summed E-state index contributed by atoms with van der Waals surface area (Å²) in [6.07, 6.45) is 0. The molecule has 1 aromatic rings. The van der Waals surface area contributed by atoms with E-state index in [1.54, 1.807) is 6.92 Å². The van der Waals surface area contributed by atoms with E-state index in [4.69, 9.17) is 11.6 Å². The van der Waals surface area contributed by atoms with Gasteiger partial charge in [-0.1, -0.05) is 25.4 Å². The molecular weight excluding hydrogens is 316 g/mol. The van der Waals surface area contributed by atoms with E-state index in [0.717, 1.165) is 6.07 Å². The minimum absolute atomic E-state index is 0.0418. The highest BCUT2D eigenvalue weighted by molar-refractivity contribution is 7.89. The van der Waals surface area contributed by atoms with Crippen LogP contribution in [0.25, 0.3) is 0 Å². The maximum Gasteiger partial charge on any atom is 0.289 e. The summed E-state index contributed by atoms with van der Waals surface area (Å²) < 4.78 is 26.8. The van der Waals surface area contributed by atoms with Gasteiger partial charge in [0.15, 0.2) is 0 Å². The van der Waals surface area contributed by atoms with Gasteiger partial charge >= 0.3 is 0 Å². The van der Waals surface area contributed by atoms with Crippen molar-refractivity contribution in [3.8, 4) is 0 Å². The number of nitrogens with zero attached hydrogens (tertiary/aromatic N) is 2. The van der Waals surface area contributed by atoms with E-state index >= 15 is 0 Å². The van der Waals surface area contributed by atoms with Crippen LogP contribution in [0.15, 0.2) is 17.0 Å². The van der Waals surface area contributed by atoms with Crippen LogP contribution < -0.4 is 0 Å². The van der Waals surface area contributed by atoms with E-state index in [0.29, 0.717) is 18.7 Å². The molecule has 0 saturated carbocycles. The fourth-order valence-corrected chi connectivity index (χ4v) is 4.63. The summed E-state index contributed by atoms with van der Waals surface area (Å²) in [5.41, 5.74) is 0.0268. The van der Waals surface area contributed by atoms with E-state index in [9.17, 15) is 18.5 Å². The lowest BCUT2D eigenvalue weighted by atomic mass is 10.0.